The van der Waals surface area contributed by atoms with Gasteiger partial charge in [-0.1, -0.05) is 12.1 Å². The number of thioether (sulfide) groups is 1. The van der Waals surface area contributed by atoms with Gasteiger partial charge in [-0.2, -0.15) is 0 Å². The molecule has 2 amide bonds. The molecule has 2 aliphatic heterocycles. The van der Waals surface area contributed by atoms with E-state index in [9.17, 15) is 19.5 Å². The lowest BCUT2D eigenvalue weighted by Crippen LogP contribution is -2.70. The number of carboxylic acid groups (broad SMARTS) is 1. The molecule has 8 nitrogen and oxygen atoms in total. The molecule has 152 valence electrons. The predicted octanol–water partition coefficient (Wildman–Crippen LogP) is 2.08. The molecule has 4 rings (SSSR count). The van der Waals surface area contributed by atoms with Crippen molar-refractivity contribution in [2.45, 2.75) is 18.3 Å². The van der Waals surface area contributed by atoms with Gasteiger partial charge in [-0.05, 0) is 24.6 Å². The fourth-order valence-corrected chi connectivity index (χ4v) is 5.86. The molecule has 1 aromatic heterocycles. The first-order chi connectivity index (χ1) is 13.9. The van der Waals surface area contributed by atoms with E-state index in [4.69, 9.17) is 4.74 Å². The molecule has 0 saturated carbocycles. The third kappa shape index (κ3) is 3.32. The van der Waals surface area contributed by atoms with Gasteiger partial charge in [0.2, 0.25) is 5.91 Å². The number of thiophene rings is 1. The van der Waals surface area contributed by atoms with Crippen LogP contribution in [0.15, 0.2) is 35.5 Å². The zero-order valence-corrected chi connectivity index (χ0v) is 17.4. The molecule has 0 aliphatic carbocycles. The molecule has 10 heteroatoms. The molecule has 1 saturated heterocycles. The molecule has 0 radical (unpaired) electrons. The van der Waals surface area contributed by atoms with E-state index in [1.54, 1.807) is 14.0 Å². The lowest BCUT2D eigenvalue weighted by molar-refractivity contribution is -0.150. The van der Waals surface area contributed by atoms with Crippen LogP contribution in [0, 0.1) is 0 Å². The van der Waals surface area contributed by atoms with Crippen molar-refractivity contribution in [3.8, 4) is 5.75 Å². The summed E-state index contributed by atoms with van der Waals surface area (Å²) < 4.78 is 6.51. The van der Waals surface area contributed by atoms with Crippen molar-refractivity contribution in [3.05, 3.63) is 35.5 Å². The first kappa shape index (κ1) is 19.6. The number of aliphatic carboxylic acids is 1. The first-order valence-corrected chi connectivity index (χ1v) is 10.8. The maximum absolute atomic E-state index is 12.4. The van der Waals surface area contributed by atoms with Crippen LogP contribution in [0.4, 0.5) is 5.00 Å². The number of nitrogens with one attached hydrogen (secondary N) is 2. The molecule has 2 aliphatic rings. The molecular weight excluding hydrogens is 414 g/mol. The molecule has 2 atom stereocenters. The molecule has 0 bridgehead atoms. The summed E-state index contributed by atoms with van der Waals surface area (Å²) in [7, 11) is 1.58. The number of fused-ring (bicyclic) bond motifs is 2. The van der Waals surface area contributed by atoms with Crippen molar-refractivity contribution in [2.75, 3.05) is 24.7 Å². The molecule has 0 spiro atoms. The minimum atomic E-state index is -1.12. The maximum atomic E-state index is 12.4. The Bertz CT molecular complexity index is 1050. The SMILES string of the molecule is COc1c(NCC(=O)NC2C(=O)N3C(C(=O)O)=C(C)CS[C@@H]23)sc2ccccc12. The number of amides is 2. The van der Waals surface area contributed by atoms with Gasteiger partial charge in [-0.15, -0.1) is 23.1 Å². The number of hydrogen-bond donors (Lipinski definition) is 3. The Morgan fingerprint density at radius 3 is 2.83 bits per heavy atom. The zero-order valence-electron chi connectivity index (χ0n) is 15.7. The van der Waals surface area contributed by atoms with Crippen LogP contribution in [-0.2, 0) is 14.4 Å². The smallest absolute Gasteiger partial charge is 0.352 e. The topological polar surface area (TPSA) is 108 Å². The lowest BCUT2D eigenvalue weighted by Gasteiger charge is -2.49. The predicted molar refractivity (Wildman–Crippen MR) is 112 cm³/mol. The van der Waals surface area contributed by atoms with Gasteiger partial charge in [-0.3, -0.25) is 14.5 Å². The summed E-state index contributed by atoms with van der Waals surface area (Å²) in [6.45, 7) is 1.68. The fraction of sp³-hybridized carbons (Fsp3) is 0.316. The summed E-state index contributed by atoms with van der Waals surface area (Å²) >= 11 is 2.94. The Labute approximate surface area is 174 Å². The van der Waals surface area contributed by atoms with Crippen molar-refractivity contribution < 1.29 is 24.2 Å². The number of ether oxygens (including phenoxy) is 1. The van der Waals surface area contributed by atoms with Gasteiger partial charge in [0.1, 0.15) is 22.1 Å². The second kappa shape index (κ2) is 7.60. The summed E-state index contributed by atoms with van der Waals surface area (Å²) in [6, 6.07) is 7.07. The average Bonchev–Trinajstić information content (AvgIpc) is 3.07. The molecule has 1 aromatic carbocycles. The number of carbonyl (C=O) groups is 3. The highest BCUT2D eigenvalue weighted by atomic mass is 32.2. The second-order valence-corrected chi connectivity index (χ2v) is 8.86. The summed E-state index contributed by atoms with van der Waals surface area (Å²) in [5.74, 6) is -0.666. The highest BCUT2D eigenvalue weighted by Gasteiger charge is 2.53. The van der Waals surface area contributed by atoms with Crippen LogP contribution in [0.2, 0.25) is 0 Å². The molecule has 3 N–H and O–H groups in total. The third-order valence-corrected chi connectivity index (χ3v) is 7.38. The van der Waals surface area contributed by atoms with Gasteiger partial charge in [0, 0.05) is 15.8 Å². The van der Waals surface area contributed by atoms with Crippen LogP contribution < -0.4 is 15.4 Å². The highest BCUT2D eigenvalue weighted by molar-refractivity contribution is 8.00. The fourth-order valence-electron chi connectivity index (χ4n) is 3.50. The van der Waals surface area contributed by atoms with Gasteiger partial charge in [0.25, 0.3) is 5.91 Å². The van der Waals surface area contributed by atoms with Crippen LogP contribution in [0.5, 0.6) is 5.75 Å². The van der Waals surface area contributed by atoms with E-state index in [2.05, 4.69) is 10.6 Å². The Balaban J connectivity index is 1.41. The van der Waals surface area contributed by atoms with E-state index >= 15 is 0 Å². The van der Waals surface area contributed by atoms with Gasteiger partial charge in [0.15, 0.2) is 5.75 Å². The van der Waals surface area contributed by atoms with Gasteiger partial charge < -0.3 is 20.5 Å². The minimum absolute atomic E-state index is 0.0228. The molecule has 29 heavy (non-hydrogen) atoms. The van der Waals surface area contributed by atoms with E-state index < -0.39 is 17.9 Å². The van der Waals surface area contributed by atoms with E-state index in [-0.39, 0.29) is 23.5 Å². The number of anilines is 1. The minimum Gasteiger partial charge on any atom is -0.493 e. The summed E-state index contributed by atoms with van der Waals surface area (Å²) in [5.41, 5.74) is 0.674. The standard InChI is InChI=1S/C19H19N3O5S2/c1-9-8-28-18-13(17(24)22(18)14(9)19(25)26)21-12(23)7-20-16-15(27-2)10-5-3-4-6-11(10)29-16/h3-6,13,18,20H,7-8H2,1-2H3,(H,21,23)(H,25,26)/t13?,18-/m0/s1. The van der Waals surface area contributed by atoms with E-state index in [0.717, 1.165) is 15.1 Å². The molecule has 2 aromatic rings. The number of benzene rings is 1. The number of carboxylic acids is 1. The largest absolute Gasteiger partial charge is 0.493 e. The van der Waals surface area contributed by atoms with Crippen molar-refractivity contribution in [1.29, 1.82) is 0 Å². The molecule has 1 fully saturated rings. The molecule has 3 heterocycles. The van der Waals surface area contributed by atoms with E-state index in [0.29, 0.717) is 17.1 Å². The van der Waals surface area contributed by atoms with E-state index in [1.165, 1.54) is 28.0 Å². The Morgan fingerprint density at radius 2 is 2.10 bits per heavy atom. The quantitative estimate of drug-likeness (QED) is 0.599. The lowest BCUT2D eigenvalue weighted by atomic mass is 10.0. The Morgan fingerprint density at radius 1 is 1.34 bits per heavy atom. The highest BCUT2D eigenvalue weighted by Crippen LogP contribution is 2.42. The first-order valence-electron chi connectivity index (χ1n) is 8.89. The van der Waals surface area contributed by atoms with E-state index in [1.807, 2.05) is 24.3 Å². The molecule has 1 unspecified atom stereocenters. The third-order valence-electron chi connectivity index (χ3n) is 4.84. The van der Waals surface area contributed by atoms with Crippen LogP contribution in [-0.4, -0.2) is 58.6 Å². The number of rotatable bonds is 6. The average molecular weight is 434 g/mol. The van der Waals surface area contributed by atoms with Crippen molar-refractivity contribution in [1.82, 2.24) is 10.2 Å². The van der Waals surface area contributed by atoms with Crippen molar-refractivity contribution >= 4 is 56.0 Å². The summed E-state index contributed by atoms with van der Waals surface area (Å²) in [5, 5.41) is 16.5. The van der Waals surface area contributed by atoms with Crippen LogP contribution in [0.1, 0.15) is 6.92 Å². The van der Waals surface area contributed by atoms with Crippen molar-refractivity contribution in [3.63, 3.8) is 0 Å². The number of nitrogens with zero attached hydrogens (tertiary/aromatic N) is 1. The second-order valence-electron chi connectivity index (χ2n) is 6.70. The van der Waals surface area contributed by atoms with Crippen LogP contribution in [0.25, 0.3) is 10.1 Å². The monoisotopic (exact) mass is 433 g/mol. The van der Waals surface area contributed by atoms with Gasteiger partial charge >= 0.3 is 5.97 Å². The molecular formula is C19H19N3O5S2. The van der Waals surface area contributed by atoms with Crippen molar-refractivity contribution in [2.24, 2.45) is 0 Å². The Kier molecular flexibility index (Phi) is 5.13. The van der Waals surface area contributed by atoms with Gasteiger partial charge in [-0.25, -0.2) is 4.79 Å². The Hall–Kier alpha value is -2.72. The number of hydrogen-bond acceptors (Lipinski definition) is 7. The number of methoxy groups -OCH3 is 1. The van der Waals surface area contributed by atoms with Crippen LogP contribution >= 0.6 is 23.1 Å². The number of β-lactam (4-membered cyclic amide) rings is 1. The van der Waals surface area contributed by atoms with Gasteiger partial charge in [0.05, 0.1) is 13.7 Å². The maximum Gasteiger partial charge on any atom is 0.352 e. The number of carbonyl (C=O) groups excluding carboxylic acids is 2. The zero-order chi connectivity index (χ0) is 20.7. The summed E-state index contributed by atoms with van der Waals surface area (Å²) in [4.78, 5) is 37.6. The normalized spacial score (nSPS) is 20.9. The summed E-state index contributed by atoms with van der Waals surface area (Å²) in [6.07, 6.45) is 0. The van der Waals surface area contributed by atoms with Crippen LogP contribution in [0.3, 0.4) is 0 Å².